The number of carbonyl (C=O) groups is 1. The van der Waals surface area contributed by atoms with Crippen molar-refractivity contribution in [1.82, 2.24) is 5.32 Å². The molecule has 94 valence electrons. The van der Waals surface area contributed by atoms with Gasteiger partial charge in [-0.3, -0.25) is 0 Å². The Morgan fingerprint density at radius 3 is 2.53 bits per heavy atom. The molecule has 0 aliphatic carbocycles. The summed E-state index contributed by atoms with van der Waals surface area (Å²) in [6.07, 6.45) is 0.0353. The van der Waals surface area contributed by atoms with E-state index in [9.17, 15) is 9.90 Å². The van der Waals surface area contributed by atoms with E-state index in [0.717, 1.165) is 12.0 Å². The van der Waals surface area contributed by atoms with Crippen molar-refractivity contribution in [2.45, 2.75) is 31.9 Å². The molecule has 4 heteroatoms. The molecule has 0 amide bonds. The van der Waals surface area contributed by atoms with Crippen LogP contribution in [0.25, 0.3) is 0 Å². The van der Waals surface area contributed by atoms with Crippen molar-refractivity contribution in [1.29, 1.82) is 0 Å². The minimum Gasteiger partial charge on any atom is -0.479 e. The minimum atomic E-state index is -1.37. The fraction of sp³-hybridized carbons (Fsp3) is 0.462. The lowest BCUT2D eigenvalue weighted by molar-refractivity contribution is -0.148. The molecule has 0 heterocycles. The Kier molecular flexibility index (Phi) is 5.66. The van der Waals surface area contributed by atoms with Crippen LogP contribution in [0.1, 0.15) is 18.9 Å². The van der Waals surface area contributed by atoms with Gasteiger partial charge in [-0.2, -0.15) is 0 Å². The van der Waals surface area contributed by atoms with Crippen molar-refractivity contribution in [3.05, 3.63) is 35.9 Å². The molecule has 3 N–H and O–H groups in total. The summed E-state index contributed by atoms with van der Waals surface area (Å²) in [4.78, 5) is 10.8. The second kappa shape index (κ2) is 7.04. The number of carboxylic acid groups (broad SMARTS) is 1. The molecule has 0 bridgehead atoms. The Labute approximate surface area is 101 Å². The van der Waals surface area contributed by atoms with Crippen LogP contribution in [0, 0.1) is 0 Å². The van der Waals surface area contributed by atoms with E-state index in [1.54, 1.807) is 0 Å². The molecule has 2 atom stereocenters. The van der Waals surface area contributed by atoms with Gasteiger partial charge >= 0.3 is 5.97 Å². The van der Waals surface area contributed by atoms with Gasteiger partial charge in [-0.05, 0) is 24.9 Å². The molecule has 0 spiro atoms. The van der Waals surface area contributed by atoms with Gasteiger partial charge in [0.15, 0.2) is 6.10 Å². The number of aliphatic carboxylic acids is 1. The molecule has 4 nitrogen and oxygen atoms in total. The lowest BCUT2D eigenvalue weighted by Crippen LogP contribution is -2.46. The maximum absolute atomic E-state index is 10.8. The molecule has 0 radical (unpaired) electrons. The Balaban J connectivity index is 2.66. The highest BCUT2D eigenvalue weighted by Gasteiger charge is 2.25. The quantitative estimate of drug-likeness (QED) is 0.663. The molecule has 17 heavy (non-hydrogen) atoms. The highest BCUT2D eigenvalue weighted by atomic mass is 16.4. The predicted octanol–water partition coefficient (Wildman–Crippen LogP) is 1.04. The zero-order valence-electron chi connectivity index (χ0n) is 9.97. The number of benzene rings is 1. The van der Waals surface area contributed by atoms with Crippen molar-refractivity contribution in [3.63, 3.8) is 0 Å². The van der Waals surface area contributed by atoms with E-state index in [2.05, 4.69) is 5.32 Å². The van der Waals surface area contributed by atoms with Gasteiger partial charge in [0.2, 0.25) is 0 Å². The Bertz CT molecular complexity index is 340. The molecular weight excluding hydrogens is 218 g/mol. The third kappa shape index (κ3) is 4.54. The average molecular weight is 237 g/mol. The van der Waals surface area contributed by atoms with E-state index in [4.69, 9.17) is 5.11 Å². The Hall–Kier alpha value is -1.39. The number of aliphatic hydroxyl groups is 1. The number of hydrogen-bond donors (Lipinski definition) is 3. The standard InChI is InChI=1S/C13H19NO3/c1-2-8-14-11(12(15)13(16)17)9-10-6-4-3-5-7-10/h3-7,11-12,14-15H,2,8-9H2,1H3,(H,16,17). The minimum absolute atomic E-state index is 0.449. The number of carboxylic acids is 1. The van der Waals surface area contributed by atoms with E-state index in [-0.39, 0.29) is 0 Å². The fourth-order valence-corrected chi connectivity index (χ4v) is 1.67. The molecule has 0 aliphatic heterocycles. The van der Waals surface area contributed by atoms with E-state index in [1.165, 1.54) is 0 Å². The molecule has 2 unspecified atom stereocenters. The SMILES string of the molecule is CCCNC(Cc1ccccc1)C(O)C(=O)O. The van der Waals surface area contributed by atoms with Crippen LogP contribution < -0.4 is 5.32 Å². The van der Waals surface area contributed by atoms with Crippen LogP contribution in [-0.4, -0.2) is 34.9 Å². The molecule has 1 rings (SSSR count). The van der Waals surface area contributed by atoms with Gasteiger partial charge in [0, 0.05) is 6.04 Å². The van der Waals surface area contributed by atoms with Gasteiger partial charge in [0.25, 0.3) is 0 Å². The van der Waals surface area contributed by atoms with Crippen LogP contribution >= 0.6 is 0 Å². The van der Waals surface area contributed by atoms with Gasteiger partial charge in [0.05, 0.1) is 0 Å². The summed E-state index contributed by atoms with van der Waals surface area (Å²) in [7, 11) is 0. The van der Waals surface area contributed by atoms with Gasteiger partial charge in [-0.15, -0.1) is 0 Å². The monoisotopic (exact) mass is 237 g/mol. The molecule has 0 fully saturated rings. The smallest absolute Gasteiger partial charge is 0.334 e. The summed E-state index contributed by atoms with van der Waals surface area (Å²) in [5.74, 6) is -1.19. The maximum atomic E-state index is 10.8. The maximum Gasteiger partial charge on any atom is 0.334 e. The summed E-state index contributed by atoms with van der Waals surface area (Å²) in [6.45, 7) is 2.70. The third-order valence-corrected chi connectivity index (χ3v) is 2.59. The Morgan fingerprint density at radius 1 is 1.35 bits per heavy atom. The summed E-state index contributed by atoms with van der Waals surface area (Å²) >= 11 is 0. The topological polar surface area (TPSA) is 69.6 Å². The number of hydrogen-bond acceptors (Lipinski definition) is 3. The number of aliphatic hydroxyl groups excluding tert-OH is 1. The third-order valence-electron chi connectivity index (χ3n) is 2.59. The van der Waals surface area contributed by atoms with Crippen molar-refractivity contribution in [3.8, 4) is 0 Å². The zero-order chi connectivity index (χ0) is 12.7. The van der Waals surface area contributed by atoms with Gasteiger partial charge in [-0.25, -0.2) is 4.79 Å². The zero-order valence-corrected chi connectivity index (χ0v) is 9.97. The average Bonchev–Trinajstić information content (AvgIpc) is 2.34. The van der Waals surface area contributed by atoms with Crippen LogP contribution in [0.5, 0.6) is 0 Å². The first kappa shape index (κ1) is 13.7. The molecular formula is C13H19NO3. The first-order valence-corrected chi connectivity index (χ1v) is 5.83. The lowest BCUT2D eigenvalue weighted by atomic mass is 10.0. The van der Waals surface area contributed by atoms with Crippen LogP contribution in [0.15, 0.2) is 30.3 Å². The molecule has 0 saturated carbocycles. The van der Waals surface area contributed by atoms with Crippen molar-refractivity contribution < 1.29 is 15.0 Å². The van der Waals surface area contributed by atoms with E-state index < -0.39 is 18.1 Å². The number of nitrogens with one attached hydrogen (secondary N) is 1. The molecule has 1 aromatic rings. The second-order valence-corrected chi connectivity index (χ2v) is 4.03. The van der Waals surface area contributed by atoms with E-state index in [1.807, 2.05) is 37.3 Å². The van der Waals surface area contributed by atoms with Crippen molar-refractivity contribution in [2.24, 2.45) is 0 Å². The first-order chi connectivity index (χ1) is 8.15. The van der Waals surface area contributed by atoms with E-state index in [0.29, 0.717) is 13.0 Å². The molecule has 0 saturated heterocycles. The van der Waals surface area contributed by atoms with Gasteiger partial charge in [-0.1, -0.05) is 37.3 Å². The molecule has 1 aromatic carbocycles. The second-order valence-electron chi connectivity index (χ2n) is 4.03. The van der Waals surface area contributed by atoms with Crippen LogP contribution in [0.4, 0.5) is 0 Å². The normalized spacial score (nSPS) is 14.2. The van der Waals surface area contributed by atoms with Crippen molar-refractivity contribution >= 4 is 5.97 Å². The van der Waals surface area contributed by atoms with Gasteiger partial charge < -0.3 is 15.5 Å². The lowest BCUT2D eigenvalue weighted by Gasteiger charge is -2.21. The van der Waals surface area contributed by atoms with Crippen molar-refractivity contribution in [2.75, 3.05) is 6.54 Å². The highest BCUT2D eigenvalue weighted by molar-refractivity contribution is 5.73. The molecule has 0 aliphatic rings. The molecule has 0 aromatic heterocycles. The van der Waals surface area contributed by atoms with Crippen LogP contribution in [-0.2, 0) is 11.2 Å². The largest absolute Gasteiger partial charge is 0.479 e. The van der Waals surface area contributed by atoms with E-state index >= 15 is 0 Å². The fourth-order valence-electron chi connectivity index (χ4n) is 1.67. The summed E-state index contributed by atoms with van der Waals surface area (Å²) in [5.41, 5.74) is 1.02. The predicted molar refractivity (Wildman–Crippen MR) is 65.9 cm³/mol. The summed E-state index contributed by atoms with van der Waals surface area (Å²) in [6, 6.07) is 9.11. The number of rotatable bonds is 7. The summed E-state index contributed by atoms with van der Waals surface area (Å²) < 4.78 is 0. The Morgan fingerprint density at radius 2 is 2.00 bits per heavy atom. The highest BCUT2D eigenvalue weighted by Crippen LogP contribution is 2.06. The van der Waals surface area contributed by atoms with Crippen LogP contribution in [0.2, 0.25) is 0 Å². The first-order valence-electron chi connectivity index (χ1n) is 5.83. The van der Waals surface area contributed by atoms with Gasteiger partial charge in [0.1, 0.15) is 0 Å². The van der Waals surface area contributed by atoms with Crippen LogP contribution in [0.3, 0.4) is 0 Å². The summed E-state index contributed by atoms with van der Waals surface area (Å²) in [5, 5.41) is 21.5.